The third-order valence-electron chi connectivity index (χ3n) is 14.1. The second-order valence-corrected chi connectivity index (χ2v) is 35.7. The van der Waals surface area contributed by atoms with Gasteiger partial charge in [-0.15, -0.1) is 0 Å². The number of aliphatic hydroxyl groups excluding tert-OH is 2. The number of nitrogens with two attached hydrogens (primary N) is 1. The second kappa shape index (κ2) is 38.0. The summed E-state index contributed by atoms with van der Waals surface area (Å²) in [7, 11) is -12.4. The third kappa shape index (κ3) is 28.4. The van der Waals surface area contributed by atoms with Crippen LogP contribution in [0.25, 0.3) is 0 Å². The van der Waals surface area contributed by atoms with Crippen LogP contribution in [0.5, 0.6) is 23.0 Å². The number of rotatable bonds is 28. The molecule has 0 radical (unpaired) electrons. The van der Waals surface area contributed by atoms with Crippen LogP contribution in [-0.4, -0.2) is 89.7 Å². The van der Waals surface area contributed by atoms with Crippen molar-refractivity contribution in [2.24, 2.45) is 0 Å². The number of ketones is 1. The molecule has 0 amide bonds. The molecule has 0 heterocycles. The Morgan fingerprint density at radius 2 is 0.779 bits per heavy atom. The van der Waals surface area contributed by atoms with Crippen LogP contribution in [0.2, 0.25) is 18.1 Å². The summed E-state index contributed by atoms with van der Waals surface area (Å²) < 4.78 is 107. The van der Waals surface area contributed by atoms with Gasteiger partial charge in [-0.2, -0.15) is 0 Å². The molecule has 8 aromatic carbocycles. The predicted octanol–water partition coefficient (Wildman–Crippen LogP) is 15.7. The number of alkyl halides is 4. The van der Waals surface area contributed by atoms with Crippen molar-refractivity contribution < 1.29 is 63.6 Å². The molecule has 512 valence electrons. The van der Waals surface area contributed by atoms with Crippen molar-refractivity contribution in [3.05, 3.63) is 239 Å². The molecule has 18 nitrogen and oxygen atoms in total. The number of sulfonamides is 3. The molecule has 0 aliphatic carbocycles. The summed E-state index contributed by atoms with van der Waals surface area (Å²) in [5, 5.41) is 21.3. The lowest BCUT2D eigenvalue weighted by molar-refractivity contribution is 0.102. The zero-order valence-corrected chi connectivity index (χ0v) is 63.8. The maximum atomic E-state index is 11.9. The van der Waals surface area contributed by atoms with E-state index < -0.39 is 50.6 Å². The molecule has 95 heavy (non-hydrogen) atoms. The van der Waals surface area contributed by atoms with Gasteiger partial charge in [0.25, 0.3) is 0 Å². The SMILES string of the molecule is CC(C)(C)[Si](C)(C)OC(CBr)c1ccc(OCc2ccccc2)c(NS(C)(=O)=O)c1.CS(=O)(=O)Nc1cc(C(=O)CBr)ccc1OCc1ccccc1.CS(=O)(=O)Nc1cc(C(O)CBr)ccc1OCc1ccccc1.Nc1cc(C(O)CBr)ccc1OCc1ccccc1. The number of nitrogen functional groups attached to an aromatic ring is 1. The number of aliphatic hydroxyl groups is 2. The van der Waals surface area contributed by atoms with E-state index >= 15 is 0 Å². The minimum atomic E-state index is -3.48. The molecular formula is C69H82Br4N4O14S3Si. The number of ether oxygens (including phenoxy) is 4. The monoisotopic (exact) mass is 1630 g/mol. The maximum Gasteiger partial charge on any atom is 0.229 e. The highest BCUT2D eigenvalue weighted by Gasteiger charge is 2.39. The molecule has 7 N–H and O–H groups in total. The average molecular weight is 1640 g/mol. The number of halogens is 4. The summed E-state index contributed by atoms with van der Waals surface area (Å²) in [6, 6.07) is 59.3. The van der Waals surface area contributed by atoms with E-state index in [-0.39, 0.29) is 27.9 Å². The molecule has 0 aliphatic heterocycles. The smallest absolute Gasteiger partial charge is 0.229 e. The van der Waals surface area contributed by atoms with Crippen LogP contribution in [0.3, 0.4) is 0 Å². The zero-order valence-electron chi connectivity index (χ0n) is 54.0. The molecular weight excluding hydrogens is 1550 g/mol. The first-order valence-electron chi connectivity index (χ1n) is 29.5. The summed E-state index contributed by atoms with van der Waals surface area (Å²) >= 11 is 13.1. The van der Waals surface area contributed by atoms with Crippen molar-refractivity contribution in [1.29, 1.82) is 0 Å². The summed E-state index contributed by atoms with van der Waals surface area (Å²) in [6.07, 6.45) is 1.79. The first kappa shape index (κ1) is 79.4. The number of carbonyl (C=O) groups is 1. The maximum absolute atomic E-state index is 11.9. The van der Waals surface area contributed by atoms with Gasteiger partial charge in [0.05, 0.1) is 65.2 Å². The summed E-state index contributed by atoms with van der Waals surface area (Å²) in [6.45, 7) is 12.4. The summed E-state index contributed by atoms with van der Waals surface area (Å²) in [5.41, 5.74) is 14.1. The van der Waals surface area contributed by atoms with E-state index in [0.717, 1.165) is 52.1 Å². The third-order valence-corrected chi connectivity index (χ3v) is 22.7. The van der Waals surface area contributed by atoms with Crippen molar-refractivity contribution in [3.8, 4) is 23.0 Å². The molecule has 0 spiro atoms. The Labute approximate surface area is 594 Å². The van der Waals surface area contributed by atoms with E-state index in [1.807, 2.05) is 133 Å². The lowest BCUT2D eigenvalue weighted by atomic mass is 10.1. The van der Waals surface area contributed by atoms with Crippen LogP contribution in [-0.2, 0) is 60.9 Å². The number of Topliss-reactive ketones (excluding diaryl/α,β-unsaturated/α-hetero) is 1. The Morgan fingerprint density at radius 3 is 1.11 bits per heavy atom. The molecule has 3 atom stereocenters. The largest absolute Gasteiger partial charge is 0.487 e. The standard InChI is InChI=1S/C22H32BrNO4SSi.C16H18BrNO4S.C16H16BrNO4S.C15H16BrNO2/c1-22(2,3)30(5,6)28-21(15-23)18-12-13-20(19(14-18)24-29(4,25)26)27-16-17-10-8-7-9-11-17;2*1-23(20,21)18-14-9-13(15(19)10-17)7-8-16(14)22-11-12-5-3-2-4-6-12;16-9-14(18)12-6-7-15(13(17)8-12)19-10-11-4-2-1-3-5-11/h7-14,21,24H,15-16H2,1-6H3;2-9,15,18-19H,10-11H2,1H3;2-9,18H,10-11H2,1H3;1-8,14,18H,9-10,17H2. The van der Waals surface area contributed by atoms with Crippen molar-refractivity contribution in [3.63, 3.8) is 0 Å². The van der Waals surface area contributed by atoms with Gasteiger partial charge in [0.15, 0.2) is 14.1 Å². The van der Waals surface area contributed by atoms with Gasteiger partial charge >= 0.3 is 0 Å². The molecule has 3 unspecified atom stereocenters. The Kier molecular flexibility index (Phi) is 31.8. The van der Waals surface area contributed by atoms with Gasteiger partial charge in [0.2, 0.25) is 30.1 Å². The lowest BCUT2D eigenvalue weighted by Gasteiger charge is -2.39. The molecule has 26 heteroatoms. The highest BCUT2D eigenvalue weighted by Crippen LogP contribution is 2.42. The summed E-state index contributed by atoms with van der Waals surface area (Å²) in [4.78, 5) is 11.8. The van der Waals surface area contributed by atoms with E-state index in [1.165, 1.54) is 6.07 Å². The van der Waals surface area contributed by atoms with E-state index in [2.05, 4.69) is 112 Å². The zero-order chi connectivity index (χ0) is 70.0. The van der Waals surface area contributed by atoms with E-state index in [1.54, 1.807) is 54.6 Å². The average Bonchev–Trinajstić information content (AvgIpc) is 0.839. The van der Waals surface area contributed by atoms with Gasteiger partial charge in [-0.3, -0.25) is 19.0 Å². The fourth-order valence-corrected chi connectivity index (χ4v) is 13.0. The Bertz CT molecular complexity index is 4060. The minimum absolute atomic E-state index is 0.0694. The fourth-order valence-electron chi connectivity index (χ4n) is 8.25. The quantitative estimate of drug-likeness (QED) is 0.0115. The van der Waals surface area contributed by atoms with E-state index in [4.69, 9.17) is 29.1 Å². The van der Waals surface area contributed by atoms with Crippen LogP contribution in [0.4, 0.5) is 22.7 Å². The molecule has 0 aromatic heterocycles. The van der Waals surface area contributed by atoms with Crippen LogP contribution in [0, 0.1) is 0 Å². The Hall–Kier alpha value is -6.30. The molecule has 0 aliphatic rings. The van der Waals surface area contributed by atoms with Gasteiger partial charge in [-0.05, 0) is 112 Å². The first-order valence-corrected chi connectivity index (χ1v) is 42.6. The second-order valence-electron chi connectivity index (χ2n) is 23.2. The Morgan fingerprint density at radius 1 is 0.463 bits per heavy atom. The van der Waals surface area contributed by atoms with E-state index in [9.17, 15) is 40.3 Å². The van der Waals surface area contributed by atoms with Gasteiger partial charge in [0.1, 0.15) is 49.4 Å². The van der Waals surface area contributed by atoms with Gasteiger partial charge in [-0.1, -0.05) is 224 Å². The highest BCUT2D eigenvalue weighted by molar-refractivity contribution is 9.09. The predicted molar refractivity (Wildman–Crippen MR) is 399 cm³/mol. The van der Waals surface area contributed by atoms with Crippen LogP contribution < -0.4 is 38.8 Å². The van der Waals surface area contributed by atoms with Crippen LogP contribution >= 0.6 is 63.7 Å². The molecule has 0 saturated carbocycles. The molecule has 0 bridgehead atoms. The fraction of sp³-hybridized carbons (Fsp3) is 0.290. The number of nitrogens with one attached hydrogen (secondary N) is 3. The van der Waals surface area contributed by atoms with Gasteiger partial charge in [0, 0.05) is 21.6 Å². The molecule has 0 fully saturated rings. The molecule has 8 rings (SSSR count). The van der Waals surface area contributed by atoms with Crippen molar-refractivity contribution in [1.82, 2.24) is 0 Å². The highest BCUT2D eigenvalue weighted by atomic mass is 79.9. The number of carbonyl (C=O) groups excluding carboxylic acids is 1. The van der Waals surface area contributed by atoms with Crippen LogP contribution in [0.1, 0.15) is 88.4 Å². The number of hydrogen-bond acceptors (Lipinski definition) is 15. The van der Waals surface area contributed by atoms with Crippen molar-refractivity contribution in [2.75, 3.05) is 60.0 Å². The normalized spacial score (nSPS) is 12.5. The topological polar surface area (TPSA) is 268 Å². The number of hydrogen-bond donors (Lipinski definition) is 6. The van der Waals surface area contributed by atoms with Crippen LogP contribution in [0.15, 0.2) is 194 Å². The van der Waals surface area contributed by atoms with E-state index in [0.29, 0.717) is 93.6 Å². The first-order chi connectivity index (χ1) is 44.8. The van der Waals surface area contributed by atoms with Gasteiger partial charge < -0.3 is 39.3 Å². The molecule has 8 aromatic rings. The number of anilines is 4. The van der Waals surface area contributed by atoms with Crippen molar-refractivity contribution in [2.45, 2.75) is 83.6 Å². The van der Waals surface area contributed by atoms with Crippen molar-refractivity contribution >= 4 is 131 Å². The number of benzene rings is 8. The minimum Gasteiger partial charge on any atom is -0.487 e. The Balaban J connectivity index is 0.000000232. The lowest BCUT2D eigenvalue weighted by Crippen LogP contribution is -2.42. The molecule has 0 saturated heterocycles. The summed E-state index contributed by atoms with van der Waals surface area (Å²) in [5.74, 6) is 1.74. The van der Waals surface area contributed by atoms with Gasteiger partial charge in [-0.25, -0.2) is 25.3 Å².